The number of phenolic OH excluding ortho intramolecular Hbond substituents is 1. The minimum Gasteiger partial charge on any atom is -0.508 e. The fraction of sp³-hybridized carbons (Fsp3) is 0.188. The van der Waals surface area contributed by atoms with Gasteiger partial charge in [-0.1, -0.05) is 49.4 Å². The Balaban J connectivity index is 2.64. The number of benzene rings is 2. The lowest BCUT2D eigenvalue weighted by molar-refractivity contribution is -0.142. The Bertz CT molecular complexity index is 560. The number of aliphatic carboxylic acids is 1. The maximum Gasteiger partial charge on any atom is 0.318 e. The maximum absolute atomic E-state index is 11.9. The Morgan fingerprint density at radius 3 is 2.00 bits per heavy atom. The summed E-state index contributed by atoms with van der Waals surface area (Å²) in [4.78, 5) is 11.9. The minimum absolute atomic E-state index is 0.132. The predicted octanol–water partition coefficient (Wildman–Crippen LogP) is 3.17. The van der Waals surface area contributed by atoms with E-state index in [-0.39, 0.29) is 5.75 Å². The Labute approximate surface area is 112 Å². The number of carbonyl (C=O) groups is 1. The molecule has 2 N–H and O–H groups in total. The van der Waals surface area contributed by atoms with Crippen molar-refractivity contribution in [1.29, 1.82) is 0 Å². The molecule has 0 aliphatic rings. The maximum atomic E-state index is 11.9. The van der Waals surface area contributed by atoms with E-state index in [2.05, 4.69) is 0 Å². The van der Waals surface area contributed by atoms with Gasteiger partial charge in [-0.3, -0.25) is 4.79 Å². The summed E-state index contributed by atoms with van der Waals surface area (Å²) < 4.78 is 0. The van der Waals surface area contributed by atoms with Gasteiger partial charge in [-0.15, -0.1) is 0 Å². The second-order valence-corrected chi connectivity index (χ2v) is 4.48. The van der Waals surface area contributed by atoms with E-state index in [4.69, 9.17) is 0 Å². The fourth-order valence-corrected chi connectivity index (χ4v) is 2.44. The van der Waals surface area contributed by atoms with Crippen molar-refractivity contribution in [1.82, 2.24) is 0 Å². The highest BCUT2D eigenvalue weighted by Crippen LogP contribution is 2.36. The Hall–Kier alpha value is -2.29. The van der Waals surface area contributed by atoms with E-state index in [0.29, 0.717) is 12.0 Å². The van der Waals surface area contributed by atoms with E-state index < -0.39 is 11.4 Å². The van der Waals surface area contributed by atoms with Crippen molar-refractivity contribution in [3.63, 3.8) is 0 Å². The van der Waals surface area contributed by atoms with Gasteiger partial charge in [-0.25, -0.2) is 0 Å². The summed E-state index contributed by atoms with van der Waals surface area (Å²) in [6, 6.07) is 15.6. The first-order valence-electron chi connectivity index (χ1n) is 6.19. The molecule has 0 saturated carbocycles. The molecule has 2 rings (SSSR count). The first kappa shape index (κ1) is 13.1. The van der Waals surface area contributed by atoms with Crippen LogP contribution in [0.5, 0.6) is 5.75 Å². The third-order valence-corrected chi connectivity index (χ3v) is 3.52. The molecule has 19 heavy (non-hydrogen) atoms. The van der Waals surface area contributed by atoms with Gasteiger partial charge in [-0.2, -0.15) is 0 Å². The van der Waals surface area contributed by atoms with Crippen molar-refractivity contribution < 1.29 is 15.0 Å². The molecule has 98 valence electrons. The number of carboxylic acid groups (broad SMARTS) is 1. The van der Waals surface area contributed by atoms with E-state index >= 15 is 0 Å². The van der Waals surface area contributed by atoms with Gasteiger partial charge in [-0.05, 0) is 29.7 Å². The van der Waals surface area contributed by atoms with Crippen molar-refractivity contribution in [3.8, 4) is 5.75 Å². The third-order valence-electron chi connectivity index (χ3n) is 3.52. The zero-order valence-corrected chi connectivity index (χ0v) is 10.7. The molecule has 0 amide bonds. The van der Waals surface area contributed by atoms with Gasteiger partial charge in [0.15, 0.2) is 0 Å². The molecular formula is C16H16O3. The molecule has 0 aliphatic heterocycles. The largest absolute Gasteiger partial charge is 0.508 e. The van der Waals surface area contributed by atoms with Gasteiger partial charge in [0.25, 0.3) is 0 Å². The summed E-state index contributed by atoms with van der Waals surface area (Å²) >= 11 is 0. The van der Waals surface area contributed by atoms with Crippen LogP contribution in [-0.2, 0) is 10.2 Å². The average molecular weight is 256 g/mol. The molecule has 2 aromatic carbocycles. The molecule has 1 atom stereocenters. The topological polar surface area (TPSA) is 57.5 Å². The summed E-state index contributed by atoms with van der Waals surface area (Å²) in [6.07, 6.45) is 0.442. The van der Waals surface area contributed by atoms with Crippen LogP contribution >= 0.6 is 0 Å². The van der Waals surface area contributed by atoms with Crippen molar-refractivity contribution >= 4 is 5.97 Å². The first-order chi connectivity index (χ1) is 9.11. The van der Waals surface area contributed by atoms with Crippen molar-refractivity contribution in [2.24, 2.45) is 0 Å². The van der Waals surface area contributed by atoms with Gasteiger partial charge in [0.1, 0.15) is 11.2 Å². The molecule has 0 aromatic heterocycles. The van der Waals surface area contributed by atoms with Crippen molar-refractivity contribution in [3.05, 3.63) is 65.7 Å². The molecule has 0 spiro atoms. The van der Waals surface area contributed by atoms with Crippen LogP contribution in [0.25, 0.3) is 0 Å². The fourth-order valence-electron chi connectivity index (χ4n) is 2.44. The first-order valence-corrected chi connectivity index (χ1v) is 6.19. The molecule has 0 bridgehead atoms. The SMILES string of the molecule is CCC(C(=O)O)(c1ccccc1)c1ccc(O)cc1. The lowest BCUT2D eigenvalue weighted by Gasteiger charge is -2.29. The second kappa shape index (κ2) is 5.14. The number of aromatic hydroxyl groups is 1. The average Bonchev–Trinajstić information content (AvgIpc) is 2.43. The summed E-state index contributed by atoms with van der Waals surface area (Å²) in [5, 5.41) is 19.1. The quantitative estimate of drug-likeness (QED) is 0.883. The minimum atomic E-state index is -1.07. The van der Waals surface area contributed by atoms with Crippen LogP contribution in [0.2, 0.25) is 0 Å². The second-order valence-electron chi connectivity index (χ2n) is 4.48. The number of rotatable bonds is 4. The Kier molecular flexibility index (Phi) is 3.56. The number of carboxylic acids is 1. The van der Waals surface area contributed by atoms with Gasteiger partial charge < -0.3 is 10.2 Å². The predicted molar refractivity (Wildman–Crippen MR) is 73.3 cm³/mol. The third kappa shape index (κ3) is 2.19. The number of hydrogen-bond acceptors (Lipinski definition) is 2. The van der Waals surface area contributed by atoms with Gasteiger partial charge in [0, 0.05) is 0 Å². The molecule has 3 nitrogen and oxygen atoms in total. The molecule has 3 heteroatoms. The highest BCUT2D eigenvalue weighted by atomic mass is 16.4. The van der Waals surface area contributed by atoms with Crippen LogP contribution in [0.4, 0.5) is 0 Å². The number of phenols is 1. The van der Waals surface area contributed by atoms with E-state index in [1.807, 2.05) is 37.3 Å². The van der Waals surface area contributed by atoms with Crippen LogP contribution in [0.15, 0.2) is 54.6 Å². The molecule has 1 unspecified atom stereocenters. The number of hydrogen-bond donors (Lipinski definition) is 2. The van der Waals surface area contributed by atoms with Crippen LogP contribution in [-0.4, -0.2) is 16.2 Å². The van der Waals surface area contributed by atoms with Gasteiger partial charge in [0.2, 0.25) is 0 Å². The molecule has 0 radical (unpaired) electrons. The zero-order valence-electron chi connectivity index (χ0n) is 10.7. The zero-order chi connectivity index (χ0) is 13.9. The summed E-state index contributed by atoms with van der Waals surface area (Å²) in [7, 11) is 0. The molecule has 0 heterocycles. The standard InChI is InChI=1S/C16H16O3/c1-2-16(15(18)19,12-6-4-3-5-7-12)13-8-10-14(17)11-9-13/h3-11,17H,2H2,1H3,(H,18,19). The molecule has 0 saturated heterocycles. The lowest BCUT2D eigenvalue weighted by atomic mass is 9.72. The summed E-state index contributed by atoms with van der Waals surface area (Å²) in [5.74, 6) is -0.751. The normalized spacial score (nSPS) is 13.7. The molecule has 0 aliphatic carbocycles. The van der Waals surface area contributed by atoms with E-state index in [9.17, 15) is 15.0 Å². The van der Waals surface area contributed by atoms with Gasteiger partial charge in [0.05, 0.1) is 0 Å². The van der Waals surface area contributed by atoms with E-state index in [0.717, 1.165) is 5.56 Å². The van der Waals surface area contributed by atoms with Crippen molar-refractivity contribution in [2.75, 3.05) is 0 Å². The highest BCUT2D eigenvalue weighted by Gasteiger charge is 2.40. The van der Waals surface area contributed by atoms with Crippen LogP contribution in [0.3, 0.4) is 0 Å². The highest BCUT2D eigenvalue weighted by molar-refractivity contribution is 5.86. The molecule has 2 aromatic rings. The van der Waals surface area contributed by atoms with Crippen molar-refractivity contribution in [2.45, 2.75) is 18.8 Å². The Morgan fingerprint density at radius 1 is 1.00 bits per heavy atom. The Morgan fingerprint density at radius 2 is 1.53 bits per heavy atom. The van der Waals surface area contributed by atoms with Gasteiger partial charge >= 0.3 is 5.97 Å². The summed E-state index contributed by atoms with van der Waals surface area (Å²) in [5.41, 5.74) is 0.344. The monoisotopic (exact) mass is 256 g/mol. The van der Waals surface area contributed by atoms with Crippen LogP contribution < -0.4 is 0 Å². The van der Waals surface area contributed by atoms with E-state index in [1.54, 1.807) is 12.1 Å². The molecule has 0 fully saturated rings. The summed E-state index contributed by atoms with van der Waals surface area (Å²) in [6.45, 7) is 1.86. The lowest BCUT2D eigenvalue weighted by Crippen LogP contribution is -2.36. The molecular weight excluding hydrogens is 240 g/mol. The van der Waals surface area contributed by atoms with E-state index in [1.165, 1.54) is 12.1 Å². The van der Waals surface area contributed by atoms with Crippen LogP contribution in [0.1, 0.15) is 24.5 Å². The smallest absolute Gasteiger partial charge is 0.318 e. The van der Waals surface area contributed by atoms with Crippen LogP contribution in [0, 0.1) is 0 Å².